The summed E-state index contributed by atoms with van der Waals surface area (Å²) in [6.07, 6.45) is 1.69. The number of nitrogens with zero attached hydrogens (tertiary/aromatic N) is 1. The maximum absolute atomic E-state index is 12.0. The summed E-state index contributed by atoms with van der Waals surface area (Å²) in [6, 6.07) is 11.6. The number of halogens is 1. The Labute approximate surface area is 133 Å². The molecule has 3 nitrogen and oxygen atoms in total. The van der Waals surface area contributed by atoms with Crippen LogP contribution >= 0.6 is 15.9 Å². The van der Waals surface area contributed by atoms with Crippen LogP contribution in [0.3, 0.4) is 0 Å². The standard InChI is InChI=1S/C17H18BrNO2/c1-3-7-15-13(17(20)21-4-2)10-11-16(19-15)12-8-5-6-9-14(12)18/h5-6,8-11H,3-4,7H2,1-2H3. The Morgan fingerprint density at radius 2 is 1.95 bits per heavy atom. The zero-order chi connectivity index (χ0) is 15.2. The molecule has 0 spiro atoms. The molecule has 2 rings (SSSR count). The molecule has 4 heteroatoms. The summed E-state index contributed by atoms with van der Waals surface area (Å²) >= 11 is 3.54. The van der Waals surface area contributed by atoms with Crippen molar-refractivity contribution in [2.45, 2.75) is 26.7 Å². The quantitative estimate of drug-likeness (QED) is 0.739. The van der Waals surface area contributed by atoms with E-state index in [0.717, 1.165) is 34.3 Å². The molecule has 0 atom stereocenters. The number of benzene rings is 1. The Balaban J connectivity index is 2.45. The fourth-order valence-electron chi connectivity index (χ4n) is 2.14. The first kappa shape index (κ1) is 15.7. The van der Waals surface area contributed by atoms with Crippen LogP contribution in [-0.4, -0.2) is 17.6 Å². The molecule has 0 saturated carbocycles. The molecule has 0 bridgehead atoms. The number of esters is 1. The summed E-state index contributed by atoms with van der Waals surface area (Å²) in [7, 11) is 0. The van der Waals surface area contributed by atoms with E-state index in [0.29, 0.717) is 12.2 Å². The van der Waals surface area contributed by atoms with Gasteiger partial charge in [-0.3, -0.25) is 4.98 Å². The minimum Gasteiger partial charge on any atom is -0.462 e. The highest BCUT2D eigenvalue weighted by Gasteiger charge is 2.15. The Hall–Kier alpha value is -1.68. The molecule has 1 aromatic heterocycles. The molecule has 0 saturated heterocycles. The van der Waals surface area contributed by atoms with Gasteiger partial charge in [0.05, 0.1) is 23.6 Å². The predicted molar refractivity (Wildman–Crippen MR) is 87.3 cm³/mol. The van der Waals surface area contributed by atoms with Gasteiger partial charge >= 0.3 is 5.97 Å². The Kier molecular flexibility index (Phi) is 5.51. The zero-order valence-corrected chi connectivity index (χ0v) is 13.8. The summed E-state index contributed by atoms with van der Waals surface area (Å²) in [5.74, 6) is -0.299. The number of carbonyl (C=O) groups excluding carboxylic acids is 1. The first-order valence-electron chi connectivity index (χ1n) is 7.09. The topological polar surface area (TPSA) is 39.2 Å². The second-order valence-electron chi connectivity index (χ2n) is 4.64. The van der Waals surface area contributed by atoms with Crippen molar-refractivity contribution in [1.82, 2.24) is 4.98 Å². The summed E-state index contributed by atoms with van der Waals surface area (Å²) in [4.78, 5) is 16.6. The monoisotopic (exact) mass is 347 g/mol. The SMILES string of the molecule is CCCc1nc(-c2ccccc2Br)ccc1C(=O)OCC. The van der Waals surface area contributed by atoms with Crippen molar-refractivity contribution < 1.29 is 9.53 Å². The molecule has 110 valence electrons. The summed E-state index contributed by atoms with van der Waals surface area (Å²) in [5.41, 5.74) is 3.24. The molecule has 0 radical (unpaired) electrons. The molecular weight excluding hydrogens is 330 g/mol. The number of hydrogen-bond acceptors (Lipinski definition) is 3. The molecule has 0 aliphatic heterocycles. The number of carbonyl (C=O) groups is 1. The lowest BCUT2D eigenvalue weighted by molar-refractivity contribution is 0.0524. The zero-order valence-electron chi connectivity index (χ0n) is 12.2. The highest BCUT2D eigenvalue weighted by atomic mass is 79.9. The molecule has 0 fully saturated rings. The second kappa shape index (κ2) is 7.36. The fraction of sp³-hybridized carbons (Fsp3) is 0.294. The van der Waals surface area contributed by atoms with Gasteiger partial charge in [-0.1, -0.05) is 47.5 Å². The lowest BCUT2D eigenvalue weighted by atomic mass is 10.1. The lowest BCUT2D eigenvalue weighted by Crippen LogP contribution is -2.10. The predicted octanol–water partition coefficient (Wildman–Crippen LogP) is 4.64. The summed E-state index contributed by atoms with van der Waals surface area (Å²) < 4.78 is 6.09. The molecule has 1 heterocycles. The van der Waals surface area contributed by atoms with Crippen LogP contribution in [0.4, 0.5) is 0 Å². The molecule has 0 aliphatic rings. The molecule has 0 unspecified atom stereocenters. The second-order valence-corrected chi connectivity index (χ2v) is 5.50. The van der Waals surface area contributed by atoms with Crippen LogP contribution in [0.15, 0.2) is 40.9 Å². The minimum absolute atomic E-state index is 0.299. The van der Waals surface area contributed by atoms with Crippen LogP contribution in [0.2, 0.25) is 0 Å². The molecule has 2 aromatic rings. The van der Waals surface area contributed by atoms with Gasteiger partial charge in [-0.25, -0.2) is 4.79 Å². The highest BCUT2D eigenvalue weighted by Crippen LogP contribution is 2.27. The van der Waals surface area contributed by atoms with E-state index in [1.54, 1.807) is 6.92 Å². The first-order valence-corrected chi connectivity index (χ1v) is 7.88. The third-order valence-electron chi connectivity index (χ3n) is 3.11. The Morgan fingerprint density at radius 3 is 2.62 bits per heavy atom. The molecular formula is C17H18BrNO2. The van der Waals surface area contributed by atoms with Gasteiger partial charge in [-0.05, 0) is 31.5 Å². The van der Waals surface area contributed by atoms with E-state index in [9.17, 15) is 4.79 Å². The molecule has 0 amide bonds. The smallest absolute Gasteiger partial charge is 0.339 e. The van der Waals surface area contributed by atoms with Gasteiger partial charge in [0, 0.05) is 10.0 Å². The third-order valence-corrected chi connectivity index (χ3v) is 3.80. The number of ether oxygens (including phenoxy) is 1. The van der Waals surface area contributed by atoms with Gasteiger partial charge < -0.3 is 4.74 Å². The van der Waals surface area contributed by atoms with Crippen LogP contribution in [0.1, 0.15) is 36.3 Å². The van der Waals surface area contributed by atoms with E-state index in [1.807, 2.05) is 36.4 Å². The van der Waals surface area contributed by atoms with Gasteiger partial charge in [0.1, 0.15) is 0 Å². The number of pyridine rings is 1. The van der Waals surface area contributed by atoms with Crippen molar-refractivity contribution >= 4 is 21.9 Å². The van der Waals surface area contributed by atoms with E-state index >= 15 is 0 Å². The lowest BCUT2D eigenvalue weighted by Gasteiger charge is -2.10. The van der Waals surface area contributed by atoms with Gasteiger partial charge in [0.2, 0.25) is 0 Å². The van der Waals surface area contributed by atoms with E-state index in [1.165, 1.54) is 0 Å². The van der Waals surface area contributed by atoms with Crippen molar-refractivity contribution in [3.05, 3.63) is 52.1 Å². The van der Waals surface area contributed by atoms with Gasteiger partial charge in [-0.15, -0.1) is 0 Å². The van der Waals surface area contributed by atoms with Crippen molar-refractivity contribution in [1.29, 1.82) is 0 Å². The average Bonchev–Trinajstić information content (AvgIpc) is 2.48. The van der Waals surface area contributed by atoms with Crippen molar-refractivity contribution in [2.24, 2.45) is 0 Å². The molecule has 21 heavy (non-hydrogen) atoms. The Morgan fingerprint density at radius 1 is 1.19 bits per heavy atom. The van der Waals surface area contributed by atoms with Crippen LogP contribution in [-0.2, 0) is 11.2 Å². The maximum Gasteiger partial charge on any atom is 0.339 e. The highest BCUT2D eigenvalue weighted by molar-refractivity contribution is 9.10. The van der Waals surface area contributed by atoms with Gasteiger partial charge in [0.25, 0.3) is 0 Å². The number of rotatable bonds is 5. The van der Waals surface area contributed by atoms with E-state index in [4.69, 9.17) is 4.74 Å². The largest absolute Gasteiger partial charge is 0.462 e. The van der Waals surface area contributed by atoms with Crippen molar-refractivity contribution in [3.8, 4) is 11.3 Å². The minimum atomic E-state index is -0.299. The van der Waals surface area contributed by atoms with Crippen molar-refractivity contribution in [3.63, 3.8) is 0 Å². The number of aryl methyl sites for hydroxylation is 1. The van der Waals surface area contributed by atoms with Crippen LogP contribution < -0.4 is 0 Å². The summed E-state index contributed by atoms with van der Waals surface area (Å²) in [6.45, 7) is 4.25. The molecule has 1 aromatic carbocycles. The molecule has 0 aliphatic carbocycles. The normalized spacial score (nSPS) is 10.4. The molecule has 0 N–H and O–H groups in total. The fourth-order valence-corrected chi connectivity index (χ4v) is 2.63. The average molecular weight is 348 g/mol. The van der Waals surface area contributed by atoms with Crippen LogP contribution in [0.25, 0.3) is 11.3 Å². The number of hydrogen-bond donors (Lipinski definition) is 0. The van der Waals surface area contributed by atoms with Crippen LogP contribution in [0.5, 0.6) is 0 Å². The van der Waals surface area contributed by atoms with Gasteiger partial charge in [-0.2, -0.15) is 0 Å². The Bertz CT molecular complexity index is 640. The first-order chi connectivity index (χ1) is 10.2. The van der Waals surface area contributed by atoms with Gasteiger partial charge in [0.15, 0.2) is 0 Å². The van der Waals surface area contributed by atoms with E-state index in [2.05, 4.69) is 27.8 Å². The van der Waals surface area contributed by atoms with E-state index < -0.39 is 0 Å². The summed E-state index contributed by atoms with van der Waals surface area (Å²) in [5, 5.41) is 0. The van der Waals surface area contributed by atoms with Crippen LogP contribution in [0, 0.1) is 0 Å². The van der Waals surface area contributed by atoms with Crippen molar-refractivity contribution in [2.75, 3.05) is 6.61 Å². The number of aromatic nitrogens is 1. The van der Waals surface area contributed by atoms with E-state index in [-0.39, 0.29) is 5.97 Å². The third kappa shape index (κ3) is 3.70. The maximum atomic E-state index is 12.0.